The summed E-state index contributed by atoms with van der Waals surface area (Å²) in [5.41, 5.74) is 1.34. The maximum Gasteiger partial charge on any atom is 0.278 e. The van der Waals surface area contributed by atoms with Gasteiger partial charge in [0, 0.05) is 13.1 Å². The molecule has 2 aromatic rings. The number of hydrogen-bond donors (Lipinski definition) is 0. The molecule has 2 aliphatic rings. The quantitative estimate of drug-likeness (QED) is 0.859. The van der Waals surface area contributed by atoms with Gasteiger partial charge >= 0.3 is 0 Å². The Bertz CT molecular complexity index is 741. The van der Waals surface area contributed by atoms with Crippen molar-refractivity contribution < 1.29 is 9.53 Å². The number of aromatic nitrogens is 2. The Morgan fingerprint density at radius 3 is 2.64 bits per heavy atom. The summed E-state index contributed by atoms with van der Waals surface area (Å²) >= 11 is 0. The lowest BCUT2D eigenvalue weighted by Gasteiger charge is -2.41. The number of ether oxygens (including phenoxy) is 1. The summed E-state index contributed by atoms with van der Waals surface area (Å²) in [5.74, 6) is 2.01. The Morgan fingerprint density at radius 1 is 1.12 bits per heavy atom. The van der Waals surface area contributed by atoms with Crippen molar-refractivity contribution in [3.8, 4) is 11.4 Å². The molecule has 0 radical (unpaired) electrons. The molecule has 0 unspecified atom stereocenters. The minimum atomic E-state index is -0.00412. The van der Waals surface area contributed by atoms with Gasteiger partial charge in [0.15, 0.2) is 11.4 Å². The molecule has 0 N–H and O–H groups in total. The van der Waals surface area contributed by atoms with Gasteiger partial charge in [-0.05, 0) is 36.8 Å². The number of likely N-dealkylation sites (tertiary alicyclic amines) is 1. The zero-order chi connectivity index (χ0) is 17.2. The molecule has 2 atom stereocenters. The summed E-state index contributed by atoms with van der Waals surface area (Å²) < 4.78 is 7.16. The first-order chi connectivity index (χ1) is 12.3. The molecule has 4 rings (SSSR count). The molecule has 2 fully saturated rings. The molecule has 0 bridgehead atoms. The first-order valence-electron chi connectivity index (χ1n) is 9.24. The van der Waals surface area contributed by atoms with Crippen LogP contribution in [0.3, 0.4) is 0 Å². The third-order valence-electron chi connectivity index (χ3n) is 5.70. The summed E-state index contributed by atoms with van der Waals surface area (Å²) in [4.78, 5) is 15.0. The van der Waals surface area contributed by atoms with Crippen LogP contribution in [0.5, 0.6) is 5.75 Å². The van der Waals surface area contributed by atoms with Crippen LogP contribution in [0.25, 0.3) is 5.69 Å². The Balaban J connectivity index is 1.56. The van der Waals surface area contributed by atoms with E-state index in [1.54, 1.807) is 18.0 Å². The van der Waals surface area contributed by atoms with Crippen LogP contribution in [0.2, 0.25) is 0 Å². The number of benzene rings is 1. The van der Waals surface area contributed by atoms with Crippen molar-refractivity contribution in [2.45, 2.75) is 32.1 Å². The first-order valence-corrected chi connectivity index (χ1v) is 9.24. The maximum atomic E-state index is 13.1. The zero-order valence-corrected chi connectivity index (χ0v) is 14.7. The standard InChI is InChI=1S/C20H25N3O2/c1-25-18-14-23(17-9-3-2-4-10-17)21-19(18)20(24)22-12-11-15-7-5-6-8-16(15)13-22/h2-4,9-10,14-16H,5-8,11-13H2,1H3/t15-,16-/m0/s1. The second kappa shape index (κ2) is 6.90. The summed E-state index contributed by atoms with van der Waals surface area (Å²) in [6.07, 6.45) is 8.15. The monoisotopic (exact) mass is 339 g/mol. The molecule has 1 saturated carbocycles. The van der Waals surface area contributed by atoms with Crippen LogP contribution in [0.1, 0.15) is 42.6 Å². The fourth-order valence-electron chi connectivity index (χ4n) is 4.30. The van der Waals surface area contributed by atoms with Crippen LogP contribution >= 0.6 is 0 Å². The van der Waals surface area contributed by atoms with Crippen LogP contribution in [0.15, 0.2) is 36.5 Å². The van der Waals surface area contributed by atoms with Crippen molar-refractivity contribution in [1.29, 1.82) is 0 Å². The highest BCUT2D eigenvalue weighted by Crippen LogP contribution is 2.36. The highest BCUT2D eigenvalue weighted by atomic mass is 16.5. The predicted octanol–water partition coefficient (Wildman–Crippen LogP) is 3.53. The van der Waals surface area contributed by atoms with E-state index in [-0.39, 0.29) is 5.91 Å². The summed E-state index contributed by atoms with van der Waals surface area (Å²) in [7, 11) is 1.59. The largest absolute Gasteiger partial charge is 0.493 e. The predicted molar refractivity (Wildman–Crippen MR) is 96.1 cm³/mol. The number of fused-ring (bicyclic) bond motifs is 1. The number of piperidine rings is 1. The van der Waals surface area contributed by atoms with Crippen molar-refractivity contribution in [3.63, 3.8) is 0 Å². The first kappa shape index (κ1) is 16.2. The van der Waals surface area contributed by atoms with E-state index in [0.29, 0.717) is 17.4 Å². The van der Waals surface area contributed by atoms with Crippen LogP contribution in [0.4, 0.5) is 0 Å². The zero-order valence-electron chi connectivity index (χ0n) is 14.7. The van der Waals surface area contributed by atoms with E-state index in [9.17, 15) is 4.79 Å². The van der Waals surface area contributed by atoms with Gasteiger partial charge in [-0.3, -0.25) is 4.79 Å². The highest BCUT2D eigenvalue weighted by Gasteiger charge is 2.34. The Morgan fingerprint density at radius 2 is 1.88 bits per heavy atom. The van der Waals surface area contributed by atoms with Crippen LogP contribution in [-0.2, 0) is 0 Å². The van der Waals surface area contributed by atoms with E-state index in [1.807, 2.05) is 35.2 Å². The molecule has 5 nitrogen and oxygen atoms in total. The minimum Gasteiger partial charge on any atom is -0.493 e. The SMILES string of the molecule is COc1cn(-c2ccccc2)nc1C(=O)N1CC[C@@H]2CCCC[C@H]2C1. The molecule has 25 heavy (non-hydrogen) atoms. The molecule has 1 saturated heterocycles. The second-order valence-corrected chi connectivity index (χ2v) is 7.17. The number of hydrogen-bond acceptors (Lipinski definition) is 3. The van der Waals surface area contributed by atoms with E-state index in [0.717, 1.165) is 31.1 Å². The summed E-state index contributed by atoms with van der Waals surface area (Å²) in [6.45, 7) is 1.70. The van der Waals surface area contributed by atoms with Gasteiger partial charge in [0.05, 0.1) is 19.0 Å². The van der Waals surface area contributed by atoms with Gasteiger partial charge in [0.1, 0.15) is 0 Å². The van der Waals surface area contributed by atoms with Crippen LogP contribution in [-0.4, -0.2) is 40.8 Å². The van der Waals surface area contributed by atoms with E-state index in [4.69, 9.17) is 4.74 Å². The number of methoxy groups -OCH3 is 1. The van der Waals surface area contributed by atoms with Gasteiger partial charge in [0.2, 0.25) is 0 Å². The van der Waals surface area contributed by atoms with Crippen molar-refractivity contribution >= 4 is 5.91 Å². The van der Waals surface area contributed by atoms with Crippen LogP contribution < -0.4 is 4.74 Å². The van der Waals surface area contributed by atoms with E-state index >= 15 is 0 Å². The summed E-state index contributed by atoms with van der Waals surface area (Å²) in [5, 5.41) is 4.53. The molecule has 1 amide bonds. The van der Waals surface area contributed by atoms with Crippen molar-refractivity contribution in [3.05, 3.63) is 42.2 Å². The topological polar surface area (TPSA) is 47.4 Å². The number of rotatable bonds is 3. The van der Waals surface area contributed by atoms with Crippen LogP contribution in [0, 0.1) is 11.8 Å². The van der Waals surface area contributed by atoms with Gasteiger partial charge < -0.3 is 9.64 Å². The Labute approximate surface area is 148 Å². The van der Waals surface area contributed by atoms with Gasteiger partial charge in [-0.15, -0.1) is 0 Å². The molecule has 1 aliphatic carbocycles. The average molecular weight is 339 g/mol. The minimum absolute atomic E-state index is 0.00412. The third kappa shape index (κ3) is 3.15. The molecule has 0 spiro atoms. The molecular formula is C20H25N3O2. The third-order valence-corrected chi connectivity index (χ3v) is 5.70. The Kier molecular flexibility index (Phi) is 4.47. The van der Waals surface area contributed by atoms with Crippen molar-refractivity contribution in [2.24, 2.45) is 11.8 Å². The maximum absolute atomic E-state index is 13.1. The Hall–Kier alpha value is -2.30. The van der Waals surface area contributed by atoms with Crippen molar-refractivity contribution in [2.75, 3.05) is 20.2 Å². The fraction of sp³-hybridized carbons (Fsp3) is 0.500. The normalized spacial score (nSPS) is 23.2. The lowest BCUT2D eigenvalue weighted by molar-refractivity contribution is 0.0512. The lowest BCUT2D eigenvalue weighted by atomic mass is 9.75. The molecular weight excluding hydrogens is 314 g/mol. The molecule has 1 aromatic carbocycles. The van der Waals surface area contributed by atoms with E-state index in [2.05, 4.69) is 5.10 Å². The molecule has 132 valence electrons. The van der Waals surface area contributed by atoms with Crippen molar-refractivity contribution in [1.82, 2.24) is 14.7 Å². The van der Waals surface area contributed by atoms with Gasteiger partial charge in [0.25, 0.3) is 5.91 Å². The van der Waals surface area contributed by atoms with Gasteiger partial charge in [-0.2, -0.15) is 5.10 Å². The fourth-order valence-corrected chi connectivity index (χ4v) is 4.30. The smallest absolute Gasteiger partial charge is 0.278 e. The lowest BCUT2D eigenvalue weighted by Crippen LogP contribution is -2.45. The van der Waals surface area contributed by atoms with E-state index in [1.165, 1.54) is 25.7 Å². The molecule has 2 heterocycles. The molecule has 1 aliphatic heterocycles. The number of para-hydroxylation sites is 1. The van der Waals surface area contributed by atoms with Gasteiger partial charge in [-0.25, -0.2) is 4.68 Å². The molecule has 1 aromatic heterocycles. The number of nitrogens with zero attached hydrogens (tertiary/aromatic N) is 3. The second-order valence-electron chi connectivity index (χ2n) is 7.17. The van der Waals surface area contributed by atoms with Gasteiger partial charge in [-0.1, -0.05) is 37.5 Å². The highest BCUT2D eigenvalue weighted by molar-refractivity contribution is 5.95. The number of amides is 1. The average Bonchev–Trinajstić information content (AvgIpc) is 3.12. The summed E-state index contributed by atoms with van der Waals surface area (Å²) in [6, 6.07) is 9.81. The van der Waals surface area contributed by atoms with E-state index < -0.39 is 0 Å². The number of carbonyl (C=O) groups excluding carboxylic acids is 1. The molecule has 5 heteroatoms. The number of carbonyl (C=O) groups is 1.